The molecule has 0 aliphatic rings. The Kier molecular flexibility index (Phi) is 3.85. The Hall–Kier alpha value is -2.30. The van der Waals surface area contributed by atoms with Crippen molar-refractivity contribution in [1.82, 2.24) is 9.78 Å². The zero-order valence-corrected chi connectivity index (χ0v) is 11.1. The van der Waals surface area contributed by atoms with E-state index in [1.165, 1.54) is 0 Å². The van der Waals surface area contributed by atoms with Crippen LogP contribution in [0.5, 0.6) is 0 Å². The first kappa shape index (κ1) is 13.1. The molecule has 0 saturated carbocycles. The molecule has 0 unspecified atom stereocenters. The van der Waals surface area contributed by atoms with Gasteiger partial charge >= 0.3 is 5.97 Å². The Morgan fingerprint density at radius 2 is 2.21 bits per heavy atom. The van der Waals surface area contributed by atoms with Crippen molar-refractivity contribution in [2.24, 2.45) is 0 Å². The predicted molar refractivity (Wildman–Crippen MR) is 72.6 cm³/mol. The molecule has 5 nitrogen and oxygen atoms in total. The molecular formula is C14H17N3O2. The Bertz CT molecular complexity index is 570. The molecule has 0 amide bonds. The van der Waals surface area contributed by atoms with Gasteiger partial charge < -0.3 is 10.5 Å². The molecule has 0 bridgehead atoms. The molecule has 5 heteroatoms. The van der Waals surface area contributed by atoms with Crippen LogP contribution in [0.1, 0.15) is 28.4 Å². The summed E-state index contributed by atoms with van der Waals surface area (Å²) in [4.78, 5) is 11.9. The average Bonchev–Trinajstić information content (AvgIpc) is 2.82. The van der Waals surface area contributed by atoms with Crippen molar-refractivity contribution in [2.45, 2.75) is 27.0 Å². The molecule has 0 aliphatic heterocycles. The predicted octanol–water partition coefficient (Wildman–Crippen LogP) is 2.15. The lowest BCUT2D eigenvalue weighted by Gasteiger charge is -2.05. The van der Waals surface area contributed by atoms with Gasteiger partial charge in [0, 0.05) is 24.0 Å². The maximum atomic E-state index is 11.9. The molecule has 2 N–H and O–H groups in total. The van der Waals surface area contributed by atoms with Crippen LogP contribution in [-0.2, 0) is 17.9 Å². The summed E-state index contributed by atoms with van der Waals surface area (Å²) in [6, 6.07) is 5.18. The maximum Gasteiger partial charge on any atom is 0.338 e. The van der Waals surface area contributed by atoms with Gasteiger partial charge in [0.25, 0.3) is 0 Å². The fraction of sp³-hybridized carbons (Fsp3) is 0.286. The van der Waals surface area contributed by atoms with Gasteiger partial charge in [0.1, 0.15) is 6.61 Å². The number of nitrogens with zero attached hydrogens (tertiary/aromatic N) is 2. The Morgan fingerprint density at radius 3 is 2.84 bits per heavy atom. The van der Waals surface area contributed by atoms with Crippen LogP contribution in [0.15, 0.2) is 30.6 Å². The highest BCUT2D eigenvalue weighted by Gasteiger charge is 2.09. The number of ether oxygens (including phenoxy) is 1. The second kappa shape index (κ2) is 5.56. The Labute approximate surface area is 112 Å². The highest BCUT2D eigenvalue weighted by molar-refractivity contribution is 5.90. The molecule has 0 aliphatic carbocycles. The molecule has 0 radical (unpaired) electrons. The summed E-state index contributed by atoms with van der Waals surface area (Å²) < 4.78 is 7.02. The van der Waals surface area contributed by atoms with E-state index in [0.717, 1.165) is 17.7 Å². The number of carbonyl (C=O) groups excluding carboxylic acids is 1. The molecule has 2 aromatic rings. The maximum absolute atomic E-state index is 11.9. The summed E-state index contributed by atoms with van der Waals surface area (Å²) in [5.74, 6) is -0.375. The van der Waals surface area contributed by atoms with E-state index in [9.17, 15) is 4.79 Å². The van der Waals surface area contributed by atoms with Crippen LogP contribution in [0.4, 0.5) is 5.69 Å². The first-order chi connectivity index (χ1) is 9.08. The van der Waals surface area contributed by atoms with E-state index in [-0.39, 0.29) is 12.6 Å². The number of aromatic nitrogens is 2. The van der Waals surface area contributed by atoms with Crippen LogP contribution in [0, 0.1) is 6.92 Å². The monoisotopic (exact) mass is 259 g/mol. The molecule has 0 atom stereocenters. The van der Waals surface area contributed by atoms with E-state index in [1.54, 1.807) is 23.0 Å². The normalized spacial score (nSPS) is 10.4. The summed E-state index contributed by atoms with van der Waals surface area (Å²) in [7, 11) is 0. The average molecular weight is 259 g/mol. The lowest BCUT2D eigenvalue weighted by Crippen LogP contribution is -2.06. The number of anilines is 1. The number of carbonyl (C=O) groups is 1. The van der Waals surface area contributed by atoms with Crippen LogP contribution >= 0.6 is 0 Å². The lowest BCUT2D eigenvalue weighted by atomic mass is 10.1. The number of aryl methyl sites for hydroxylation is 2. The van der Waals surface area contributed by atoms with E-state index >= 15 is 0 Å². The first-order valence-electron chi connectivity index (χ1n) is 6.14. The van der Waals surface area contributed by atoms with Gasteiger partial charge in [-0.2, -0.15) is 5.10 Å². The molecule has 1 heterocycles. The fourth-order valence-corrected chi connectivity index (χ4v) is 1.82. The molecule has 0 spiro atoms. The molecule has 0 fully saturated rings. The zero-order chi connectivity index (χ0) is 13.8. The third-order valence-electron chi connectivity index (χ3n) is 2.72. The van der Waals surface area contributed by atoms with Gasteiger partial charge in [-0.3, -0.25) is 4.68 Å². The molecule has 0 saturated heterocycles. The van der Waals surface area contributed by atoms with Crippen LogP contribution in [-0.4, -0.2) is 15.7 Å². The third kappa shape index (κ3) is 3.34. The number of rotatable bonds is 4. The van der Waals surface area contributed by atoms with Gasteiger partial charge in [-0.25, -0.2) is 4.79 Å². The van der Waals surface area contributed by atoms with Crippen LogP contribution < -0.4 is 5.73 Å². The second-order valence-electron chi connectivity index (χ2n) is 4.41. The van der Waals surface area contributed by atoms with Crippen LogP contribution in [0.3, 0.4) is 0 Å². The van der Waals surface area contributed by atoms with Crippen molar-refractivity contribution in [1.29, 1.82) is 0 Å². The lowest BCUT2D eigenvalue weighted by molar-refractivity contribution is 0.0472. The molecule has 19 heavy (non-hydrogen) atoms. The van der Waals surface area contributed by atoms with E-state index in [4.69, 9.17) is 10.5 Å². The van der Waals surface area contributed by atoms with Crippen LogP contribution in [0.2, 0.25) is 0 Å². The fourth-order valence-electron chi connectivity index (χ4n) is 1.82. The topological polar surface area (TPSA) is 70.1 Å². The van der Waals surface area contributed by atoms with Crippen molar-refractivity contribution in [2.75, 3.05) is 5.73 Å². The quantitative estimate of drug-likeness (QED) is 0.674. The third-order valence-corrected chi connectivity index (χ3v) is 2.72. The summed E-state index contributed by atoms with van der Waals surface area (Å²) in [5.41, 5.74) is 8.55. The van der Waals surface area contributed by atoms with Gasteiger partial charge in [0.2, 0.25) is 0 Å². The van der Waals surface area contributed by atoms with Gasteiger partial charge in [0.15, 0.2) is 0 Å². The van der Waals surface area contributed by atoms with Gasteiger partial charge in [0.05, 0.1) is 11.8 Å². The second-order valence-corrected chi connectivity index (χ2v) is 4.41. The minimum atomic E-state index is -0.375. The number of nitrogens with two attached hydrogens (primary N) is 1. The van der Waals surface area contributed by atoms with Gasteiger partial charge in [-0.15, -0.1) is 0 Å². The van der Waals surface area contributed by atoms with Crippen molar-refractivity contribution in [3.05, 3.63) is 47.3 Å². The first-order valence-corrected chi connectivity index (χ1v) is 6.14. The standard InChI is InChI=1S/C14H17N3O2/c1-3-17-8-11(7-16-17)9-19-14(18)12-4-10(2)5-13(15)6-12/h4-8H,3,9,15H2,1-2H3. The Balaban J connectivity index is 2.00. The summed E-state index contributed by atoms with van der Waals surface area (Å²) in [5, 5.41) is 4.12. The summed E-state index contributed by atoms with van der Waals surface area (Å²) in [6.07, 6.45) is 3.55. The van der Waals surface area contributed by atoms with Gasteiger partial charge in [-0.1, -0.05) is 0 Å². The molecule has 1 aromatic carbocycles. The minimum Gasteiger partial charge on any atom is -0.457 e. The van der Waals surface area contributed by atoms with E-state index in [0.29, 0.717) is 11.3 Å². The molecule has 100 valence electrons. The van der Waals surface area contributed by atoms with E-state index in [1.807, 2.05) is 26.1 Å². The van der Waals surface area contributed by atoms with E-state index < -0.39 is 0 Å². The number of esters is 1. The summed E-state index contributed by atoms with van der Waals surface area (Å²) >= 11 is 0. The SMILES string of the molecule is CCn1cc(COC(=O)c2cc(C)cc(N)c2)cn1. The number of hydrogen-bond acceptors (Lipinski definition) is 4. The smallest absolute Gasteiger partial charge is 0.338 e. The molecule has 1 aromatic heterocycles. The Morgan fingerprint density at radius 1 is 1.42 bits per heavy atom. The van der Waals surface area contributed by atoms with Crippen molar-refractivity contribution in [3.63, 3.8) is 0 Å². The van der Waals surface area contributed by atoms with E-state index in [2.05, 4.69) is 5.10 Å². The number of hydrogen-bond donors (Lipinski definition) is 1. The van der Waals surface area contributed by atoms with Crippen molar-refractivity contribution in [3.8, 4) is 0 Å². The van der Waals surface area contributed by atoms with Crippen molar-refractivity contribution < 1.29 is 9.53 Å². The largest absolute Gasteiger partial charge is 0.457 e. The minimum absolute atomic E-state index is 0.215. The number of benzene rings is 1. The van der Waals surface area contributed by atoms with Crippen LogP contribution in [0.25, 0.3) is 0 Å². The van der Waals surface area contributed by atoms with Gasteiger partial charge in [-0.05, 0) is 37.6 Å². The highest BCUT2D eigenvalue weighted by atomic mass is 16.5. The molecular weight excluding hydrogens is 242 g/mol. The highest BCUT2D eigenvalue weighted by Crippen LogP contribution is 2.13. The van der Waals surface area contributed by atoms with Crippen molar-refractivity contribution >= 4 is 11.7 Å². The molecule has 2 rings (SSSR count). The number of nitrogen functional groups attached to an aromatic ring is 1. The zero-order valence-electron chi connectivity index (χ0n) is 11.1. The summed E-state index contributed by atoms with van der Waals surface area (Å²) in [6.45, 7) is 4.89.